The van der Waals surface area contributed by atoms with Crippen molar-refractivity contribution in [3.63, 3.8) is 0 Å². The Kier molecular flexibility index (Phi) is 5.88. The van der Waals surface area contributed by atoms with Crippen LogP contribution >= 0.6 is 0 Å². The first kappa shape index (κ1) is 16.4. The summed E-state index contributed by atoms with van der Waals surface area (Å²) in [5, 5.41) is 12.3. The molecular weight excluding hydrogens is 258 g/mol. The van der Waals surface area contributed by atoms with Crippen molar-refractivity contribution in [1.82, 2.24) is 15.3 Å². The number of aliphatic hydroxyl groups is 1. The molecule has 1 atom stereocenters. The van der Waals surface area contributed by atoms with E-state index in [0.29, 0.717) is 29.4 Å². The summed E-state index contributed by atoms with van der Waals surface area (Å²) < 4.78 is 0. The van der Waals surface area contributed by atoms with Crippen molar-refractivity contribution in [3.05, 3.63) is 27.4 Å². The third-order valence-electron chi connectivity index (χ3n) is 2.96. The van der Waals surface area contributed by atoms with Crippen LogP contribution in [-0.4, -0.2) is 33.6 Å². The molecule has 0 bridgehead atoms. The number of hydrogen-bond acceptors (Lipinski definition) is 4. The summed E-state index contributed by atoms with van der Waals surface area (Å²) >= 11 is 0. The molecular formula is C14H23N3O3. The maximum atomic E-state index is 11.8. The lowest BCUT2D eigenvalue weighted by molar-refractivity contribution is -0.121. The predicted molar refractivity (Wildman–Crippen MR) is 76.5 cm³/mol. The van der Waals surface area contributed by atoms with Gasteiger partial charge in [0, 0.05) is 17.8 Å². The van der Waals surface area contributed by atoms with Gasteiger partial charge in [-0.05, 0) is 26.2 Å². The van der Waals surface area contributed by atoms with Crippen LogP contribution in [0.1, 0.15) is 37.4 Å². The number of hydrogen-bond donors (Lipinski definition) is 3. The van der Waals surface area contributed by atoms with Gasteiger partial charge < -0.3 is 15.4 Å². The van der Waals surface area contributed by atoms with E-state index in [1.165, 1.54) is 0 Å². The van der Waals surface area contributed by atoms with E-state index in [4.69, 9.17) is 0 Å². The molecule has 1 unspecified atom stereocenters. The van der Waals surface area contributed by atoms with E-state index in [-0.39, 0.29) is 24.4 Å². The van der Waals surface area contributed by atoms with E-state index in [9.17, 15) is 14.7 Å². The molecule has 0 aromatic carbocycles. The zero-order valence-corrected chi connectivity index (χ0v) is 12.5. The second-order valence-corrected chi connectivity index (χ2v) is 5.48. The minimum atomic E-state index is -0.561. The summed E-state index contributed by atoms with van der Waals surface area (Å²) in [5.74, 6) is 0.615. The molecule has 0 aliphatic rings. The van der Waals surface area contributed by atoms with Crippen molar-refractivity contribution in [3.8, 4) is 0 Å². The highest BCUT2D eigenvalue weighted by Crippen LogP contribution is 2.04. The molecule has 1 aromatic heterocycles. The molecule has 1 aromatic rings. The van der Waals surface area contributed by atoms with E-state index >= 15 is 0 Å². The highest BCUT2D eigenvalue weighted by atomic mass is 16.3. The van der Waals surface area contributed by atoms with Crippen molar-refractivity contribution < 1.29 is 9.90 Å². The van der Waals surface area contributed by atoms with Gasteiger partial charge in [0.1, 0.15) is 5.82 Å². The van der Waals surface area contributed by atoms with Gasteiger partial charge in [-0.15, -0.1) is 0 Å². The first-order chi connectivity index (χ1) is 9.29. The second kappa shape index (κ2) is 7.19. The van der Waals surface area contributed by atoms with Gasteiger partial charge in [0.15, 0.2) is 0 Å². The maximum absolute atomic E-state index is 11.8. The number of rotatable bonds is 6. The number of nitrogens with zero attached hydrogens (tertiary/aromatic N) is 1. The number of carbonyl (C=O) groups excluding carboxylic acids is 1. The Labute approximate surface area is 118 Å². The molecule has 0 saturated heterocycles. The first-order valence-electron chi connectivity index (χ1n) is 6.80. The summed E-state index contributed by atoms with van der Waals surface area (Å²) in [5.41, 5.74) is 0.642. The van der Waals surface area contributed by atoms with Crippen LogP contribution in [0.15, 0.2) is 4.79 Å². The van der Waals surface area contributed by atoms with Crippen LogP contribution in [0, 0.1) is 19.8 Å². The topological polar surface area (TPSA) is 95.1 Å². The van der Waals surface area contributed by atoms with Crippen molar-refractivity contribution in [2.45, 2.75) is 46.6 Å². The number of aryl methyl sites for hydroxylation is 2. The van der Waals surface area contributed by atoms with Crippen molar-refractivity contribution in [2.24, 2.45) is 5.92 Å². The van der Waals surface area contributed by atoms with E-state index in [1.54, 1.807) is 13.8 Å². The van der Waals surface area contributed by atoms with Gasteiger partial charge >= 0.3 is 0 Å². The Morgan fingerprint density at radius 2 is 2.05 bits per heavy atom. The summed E-state index contributed by atoms with van der Waals surface area (Å²) in [4.78, 5) is 30.3. The molecule has 3 N–H and O–H groups in total. The maximum Gasteiger partial charge on any atom is 0.254 e. The Balaban J connectivity index is 2.57. The average molecular weight is 281 g/mol. The van der Waals surface area contributed by atoms with E-state index in [0.717, 1.165) is 0 Å². The standard InChI is InChI=1S/C14H23N3O3/c1-8(2)5-11(18)7-15-13(19)6-12-9(3)16-10(4)17-14(12)20/h8,11,18H,5-7H2,1-4H3,(H,15,19)(H,16,17,20). The Morgan fingerprint density at radius 3 is 2.60 bits per heavy atom. The number of aromatic amines is 1. The minimum absolute atomic E-state index is 0.0250. The van der Waals surface area contributed by atoms with Gasteiger partial charge in [0.05, 0.1) is 12.5 Å². The first-order valence-corrected chi connectivity index (χ1v) is 6.80. The van der Waals surface area contributed by atoms with Crippen LogP contribution in [0.5, 0.6) is 0 Å². The molecule has 1 heterocycles. The Hall–Kier alpha value is -1.69. The molecule has 0 radical (unpaired) electrons. The molecule has 0 saturated carbocycles. The fourth-order valence-corrected chi connectivity index (χ4v) is 2.04. The molecule has 0 aliphatic carbocycles. The molecule has 6 nitrogen and oxygen atoms in total. The number of aliphatic hydroxyl groups excluding tert-OH is 1. The van der Waals surface area contributed by atoms with Crippen LogP contribution in [0.4, 0.5) is 0 Å². The largest absolute Gasteiger partial charge is 0.391 e. The minimum Gasteiger partial charge on any atom is -0.391 e. The monoisotopic (exact) mass is 281 g/mol. The van der Waals surface area contributed by atoms with Gasteiger partial charge in [-0.3, -0.25) is 9.59 Å². The smallest absolute Gasteiger partial charge is 0.254 e. The second-order valence-electron chi connectivity index (χ2n) is 5.48. The number of nitrogens with one attached hydrogen (secondary N) is 2. The van der Waals surface area contributed by atoms with Crippen LogP contribution in [0.2, 0.25) is 0 Å². The van der Waals surface area contributed by atoms with Gasteiger partial charge in [0.2, 0.25) is 5.91 Å². The highest BCUT2D eigenvalue weighted by molar-refractivity contribution is 5.78. The number of H-pyrrole nitrogens is 1. The van der Waals surface area contributed by atoms with Crippen molar-refractivity contribution in [2.75, 3.05) is 6.54 Å². The van der Waals surface area contributed by atoms with Gasteiger partial charge in [-0.25, -0.2) is 4.98 Å². The van der Waals surface area contributed by atoms with Crippen LogP contribution in [0.25, 0.3) is 0 Å². The SMILES string of the molecule is Cc1nc(C)c(CC(=O)NCC(O)CC(C)C)c(=O)[nH]1. The lowest BCUT2D eigenvalue weighted by Gasteiger charge is -2.14. The van der Waals surface area contributed by atoms with Crippen molar-refractivity contribution >= 4 is 5.91 Å². The lowest BCUT2D eigenvalue weighted by Crippen LogP contribution is -2.35. The van der Waals surface area contributed by atoms with E-state index < -0.39 is 6.10 Å². The molecule has 112 valence electrons. The van der Waals surface area contributed by atoms with Crippen LogP contribution < -0.4 is 10.9 Å². The fourth-order valence-electron chi connectivity index (χ4n) is 2.04. The van der Waals surface area contributed by atoms with E-state index in [2.05, 4.69) is 15.3 Å². The molecule has 0 aliphatic heterocycles. The molecule has 20 heavy (non-hydrogen) atoms. The summed E-state index contributed by atoms with van der Waals surface area (Å²) in [6, 6.07) is 0. The van der Waals surface area contributed by atoms with Gasteiger partial charge in [-0.2, -0.15) is 0 Å². The highest BCUT2D eigenvalue weighted by Gasteiger charge is 2.13. The van der Waals surface area contributed by atoms with Crippen molar-refractivity contribution in [1.29, 1.82) is 0 Å². The fraction of sp³-hybridized carbons (Fsp3) is 0.643. The number of amides is 1. The Morgan fingerprint density at radius 1 is 1.40 bits per heavy atom. The predicted octanol–water partition coefficient (Wildman–Crippen LogP) is 0.452. The summed E-state index contributed by atoms with van der Waals surface area (Å²) in [7, 11) is 0. The quantitative estimate of drug-likeness (QED) is 0.705. The normalized spacial score (nSPS) is 12.5. The lowest BCUT2D eigenvalue weighted by atomic mass is 10.1. The number of carbonyl (C=O) groups is 1. The zero-order valence-electron chi connectivity index (χ0n) is 12.5. The zero-order chi connectivity index (χ0) is 15.3. The molecule has 0 spiro atoms. The third kappa shape index (κ3) is 5.13. The average Bonchev–Trinajstić information content (AvgIpc) is 2.30. The molecule has 1 rings (SSSR count). The summed E-state index contributed by atoms with van der Waals surface area (Å²) in [6.07, 6.45) is 0.0453. The molecule has 6 heteroatoms. The van der Waals surface area contributed by atoms with Gasteiger partial charge in [0.25, 0.3) is 5.56 Å². The number of aromatic nitrogens is 2. The molecule has 0 fully saturated rings. The third-order valence-corrected chi connectivity index (χ3v) is 2.96. The van der Waals surface area contributed by atoms with Crippen LogP contribution in [0.3, 0.4) is 0 Å². The van der Waals surface area contributed by atoms with Crippen LogP contribution in [-0.2, 0) is 11.2 Å². The Bertz CT molecular complexity index is 523. The summed E-state index contributed by atoms with van der Waals surface area (Å²) in [6.45, 7) is 7.62. The molecule has 1 amide bonds. The van der Waals surface area contributed by atoms with Gasteiger partial charge in [-0.1, -0.05) is 13.8 Å². The van der Waals surface area contributed by atoms with E-state index in [1.807, 2.05) is 13.8 Å².